The van der Waals surface area contributed by atoms with E-state index in [1.54, 1.807) is 11.0 Å². The predicted molar refractivity (Wildman–Crippen MR) is 136 cm³/mol. The van der Waals surface area contributed by atoms with E-state index in [4.69, 9.17) is 23.2 Å². The van der Waals surface area contributed by atoms with E-state index < -0.39 is 6.04 Å². The minimum Gasteiger partial charge on any atom is -0.354 e. The number of nitrogens with zero attached hydrogens (tertiary/aromatic N) is 1. The van der Waals surface area contributed by atoms with Crippen LogP contribution in [-0.2, 0) is 21.8 Å². The van der Waals surface area contributed by atoms with Crippen molar-refractivity contribution in [2.75, 3.05) is 18.8 Å². The molecular formula is C25H32Cl2N2O2S. The van der Waals surface area contributed by atoms with E-state index in [-0.39, 0.29) is 11.8 Å². The molecule has 0 aromatic heterocycles. The summed E-state index contributed by atoms with van der Waals surface area (Å²) in [7, 11) is 0. The first-order valence-electron chi connectivity index (χ1n) is 10.9. The Morgan fingerprint density at radius 2 is 1.75 bits per heavy atom. The Labute approximate surface area is 206 Å². The summed E-state index contributed by atoms with van der Waals surface area (Å²) in [5, 5.41) is 4.02. The Kier molecular flexibility index (Phi) is 11.4. The minimum absolute atomic E-state index is 0.0301. The molecule has 2 rings (SSSR count). The lowest BCUT2D eigenvalue weighted by Crippen LogP contribution is -2.51. The second-order valence-corrected chi connectivity index (χ2v) is 9.93. The van der Waals surface area contributed by atoms with Crippen LogP contribution in [0.3, 0.4) is 0 Å². The quantitative estimate of drug-likeness (QED) is 0.402. The summed E-state index contributed by atoms with van der Waals surface area (Å²) in [5.41, 5.74) is 2.15. The molecule has 4 nitrogen and oxygen atoms in total. The van der Waals surface area contributed by atoms with Gasteiger partial charge in [0, 0.05) is 18.8 Å². The molecular weight excluding hydrogens is 463 g/mol. The third kappa shape index (κ3) is 8.68. The van der Waals surface area contributed by atoms with Crippen LogP contribution in [0.25, 0.3) is 0 Å². The second kappa shape index (κ2) is 13.8. The van der Waals surface area contributed by atoms with E-state index in [9.17, 15) is 9.59 Å². The zero-order valence-electron chi connectivity index (χ0n) is 18.9. The van der Waals surface area contributed by atoms with Crippen molar-refractivity contribution in [3.05, 3.63) is 69.7 Å². The number of hydrogen-bond donors (Lipinski definition) is 1. The van der Waals surface area contributed by atoms with Crippen LogP contribution < -0.4 is 5.32 Å². The monoisotopic (exact) mass is 494 g/mol. The summed E-state index contributed by atoms with van der Waals surface area (Å²) in [5.74, 6) is 1.18. The van der Waals surface area contributed by atoms with Gasteiger partial charge in [0.1, 0.15) is 6.04 Å². The highest BCUT2D eigenvalue weighted by molar-refractivity contribution is 7.99. The lowest BCUT2D eigenvalue weighted by Gasteiger charge is -2.31. The molecule has 1 atom stereocenters. The van der Waals surface area contributed by atoms with Gasteiger partial charge < -0.3 is 10.2 Å². The molecule has 7 heteroatoms. The standard InChI is InChI=1S/C25H32Cl2N2O2S/c1-4-23(25(31)28-15-18(2)3)29(13-12-19-8-6-5-7-9-19)24(30)17-32-16-20-10-11-21(26)22(27)14-20/h5-11,14,18,23H,4,12-13,15-17H2,1-3H3,(H,28,31). The van der Waals surface area contributed by atoms with Crippen molar-refractivity contribution in [1.82, 2.24) is 10.2 Å². The normalized spacial score (nSPS) is 11.9. The fourth-order valence-electron chi connectivity index (χ4n) is 3.29. The number of nitrogens with one attached hydrogen (secondary N) is 1. The molecule has 2 aromatic rings. The molecule has 0 bridgehead atoms. The second-order valence-electron chi connectivity index (χ2n) is 8.13. The van der Waals surface area contributed by atoms with E-state index in [0.29, 0.717) is 53.4 Å². The van der Waals surface area contributed by atoms with Crippen molar-refractivity contribution in [1.29, 1.82) is 0 Å². The van der Waals surface area contributed by atoms with Crippen molar-refractivity contribution < 1.29 is 9.59 Å². The molecule has 2 aromatic carbocycles. The number of carbonyl (C=O) groups is 2. The maximum absolute atomic E-state index is 13.2. The summed E-state index contributed by atoms with van der Waals surface area (Å²) in [6.07, 6.45) is 1.28. The molecule has 0 fully saturated rings. The molecule has 0 aliphatic rings. The van der Waals surface area contributed by atoms with Crippen LogP contribution in [0, 0.1) is 5.92 Å². The molecule has 0 saturated carbocycles. The van der Waals surface area contributed by atoms with E-state index in [1.165, 1.54) is 11.8 Å². The van der Waals surface area contributed by atoms with Crippen LogP contribution in [0.4, 0.5) is 0 Å². The Balaban J connectivity index is 2.05. The summed E-state index contributed by atoms with van der Waals surface area (Å²) >= 11 is 13.6. The van der Waals surface area contributed by atoms with Crippen molar-refractivity contribution >= 4 is 46.8 Å². The van der Waals surface area contributed by atoms with Gasteiger partial charge in [-0.1, -0.05) is 80.4 Å². The first-order chi connectivity index (χ1) is 15.3. The summed E-state index contributed by atoms with van der Waals surface area (Å²) in [6.45, 7) is 7.16. The number of halogens is 2. The molecule has 0 spiro atoms. The zero-order valence-corrected chi connectivity index (χ0v) is 21.3. The summed E-state index contributed by atoms with van der Waals surface area (Å²) in [6, 6.07) is 15.1. The molecule has 1 N–H and O–H groups in total. The third-order valence-corrected chi connectivity index (χ3v) is 6.76. The van der Waals surface area contributed by atoms with E-state index >= 15 is 0 Å². The zero-order chi connectivity index (χ0) is 23.5. The maximum atomic E-state index is 13.2. The van der Waals surface area contributed by atoms with Gasteiger partial charge in [0.2, 0.25) is 11.8 Å². The van der Waals surface area contributed by atoms with Gasteiger partial charge in [-0.25, -0.2) is 0 Å². The summed E-state index contributed by atoms with van der Waals surface area (Å²) < 4.78 is 0. The predicted octanol–water partition coefficient (Wildman–Crippen LogP) is 5.85. The minimum atomic E-state index is -0.476. The number of carbonyl (C=O) groups excluding carboxylic acids is 2. The first-order valence-corrected chi connectivity index (χ1v) is 12.9. The van der Waals surface area contributed by atoms with Crippen LogP contribution in [-0.4, -0.2) is 41.6 Å². The van der Waals surface area contributed by atoms with Crippen LogP contribution in [0.15, 0.2) is 48.5 Å². The fourth-order valence-corrected chi connectivity index (χ4v) is 4.47. The van der Waals surface area contributed by atoms with Gasteiger partial charge in [-0.2, -0.15) is 0 Å². The summed E-state index contributed by atoms with van der Waals surface area (Å²) in [4.78, 5) is 27.8. The average Bonchev–Trinajstić information content (AvgIpc) is 2.78. The number of rotatable bonds is 12. The molecule has 1 unspecified atom stereocenters. The van der Waals surface area contributed by atoms with Gasteiger partial charge in [-0.3, -0.25) is 9.59 Å². The molecule has 0 saturated heterocycles. The largest absolute Gasteiger partial charge is 0.354 e. The molecule has 0 aliphatic carbocycles. The van der Waals surface area contributed by atoms with Crippen molar-refractivity contribution in [2.45, 2.75) is 45.4 Å². The Hall–Kier alpha value is -1.69. The van der Waals surface area contributed by atoms with Gasteiger partial charge in [0.15, 0.2) is 0 Å². The number of thioether (sulfide) groups is 1. The van der Waals surface area contributed by atoms with Gasteiger partial charge >= 0.3 is 0 Å². The molecule has 32 heavy (non-hydrogen) atoms. The SMILES string of the molecule is CCC(C(=O)NCC(C)C)N(CCc1ccccc1)C(=O)CSCc1ccc(Cl)c(Cl)c1. The lowest BCUT2D eigenvalue weighted by atomic mass is 10.1. The van der Waals surface area contributed by atoms with Crippen molar-refractivity contribution in [2.24, 2.45) is 5.92 Å². The molecule has 0 aliphatic heterocycles. The highest BCUT2D eigenvalue weighted by atomic mass is 35.5. The highest BCUT2D eigenvalue weighted by Gasteiger charge is 2.28. The van der Waals surface area contributed by atoms with Gasteiger partial charge in [0.25, 0.3) is 0 Å². The molecule has 0 heterocycles. The number of amides is 2. The Morgan fingerprint density at radius 1 is 1.03 bits per heavy atom. The van der Waals surface area contributed by atoms with E-state index in [0.717, 1.165) is 11.1 Å². The Bertz CT molecular complexity index is 878. The third-order valence-electron chi connectivity index (χ3n) is 5.03. The average molecular weight is 496 g/mol. The van der Waals surface area contributed by atoms with Crippen molar-refractivity contribution in [3.63, 3.8) is 0 Å². The molecule has 174 valence electrons. The molecule has 2 amide bonds. The fraction of sp³-hybridized carbons (Fsp3) is 0.440. The lowest BCUT2D eigenvalue weighted by molar-refractivity contribution is -0.138. The van der Waals surface area contributed by atoms with Crippen LogP contribution in [0.2, 0.25) is 10.0 Å². The van der Waals surface area contributed by atoms with Crippen molar-refractivity contribution in [3.8, 4) is 0 Å². The Morgan fingerprint density at radius 3 is 2.38 bits per heavy atom. The van der Waals surface area contributed by atoms with E-state index in [1.807, 2.05) is 49.4 Å². The van der Waals surface area contributed by atoms with Crippen LogP contribution in [0.5, 0.6) is 0 Å². The number of hydrogen-bond acceptors (Lipinski definition) is 3. The van der Waals surface area contributed by atoms with E-state index in [2.05, 4.69) is 19.2 Å². The van der Waals surface area contributed by atoms with Crippen LogP contribution >= 0.6 is 35.0 Å². The smallest absolute Gasteiger partial charge is 0.242 e. The number of benzene rings is 2. The van der Waals surface area contributed by atoms with Crippen LogP contribution in [0.1, 0.15) is 38.3 Å². The van der Waals surface area contributed by atoms with Gasteiger partial charge in [0.05, 0.1) is 15.8 Å². The first kappa shape index (κ1) is 26.6. The molecule has 0 radical (unpaired) electrons. The maximum Gasteiger partial charge on any atom is 0.242 e. The van der Waals surface area contributed by atoms with Gasteiger partial charge in [-0.15, -0.1) is 11.8 Å². The highest BCUT2D eigenvalue weighted by Crippen LogP contribution is 2.25. The van der Waals surface area contributed by atoms with Gasteiger partial charge in [-0.05, 0) is 42.0 Å². The topological polar surface area (TPSA) is 49.4 Å².